The molecular weight excluding hydrogens is 587 g/mol. The van der Waals surface area contributed by atoms with Crippen LogP contribution < -0.4 is 26.0 Å². The third kappa shape index (κ3) is 3.63. The summed E-state index contributed by atoms with van der Waals surface area (Å²) in [5.41, 5.74) is 8.35. The molecular formula is C38H29N6OP. The quantitative estimate of drug-likeness (QED) is 0.182. The summed E-state index contributed by atoms with van der Waals surface area (Å²) in [6.45, 7) is 6.65. The van der Waals surface area contributed by atoms with E-state index in [1.54, 1.807) is 0 Å². The normalized spacial score (nSPS) is 14.6. The van der Waals surface area contributed by atoms with Crippen LogP contribution in [0.4, 0.5) is 34.1 Å². The van der Waals surface area contributed by atoms with Gasteiger partial charge in [0.2, 0.25) is 7.14 Å². The van der Waals surface area contributed by atoms with Gasteiger partial charge in [0.1, 0.15) is 0 Å². The molecule has 2 aliphatic heterocycles. The number of hydrogen-bond acceptors (Lipinski definition) is 7. The lowest BCUT2D eigenvalue weighted by Gasteiger charge is -2.44. The Kier molecular flexibility index (Phi) is 5.60. The van der Waals surface area contributed by atoms with Crippen molar-refractivity contribution in [3.8, 4) is 0 Å². The van der Waals surface area contributed by atoms with Crippen molar-refractivity contribution < 1.29 is 4.57 Å². The first kappa shape index (κ1) is 27.0. The molecule has 0 saturated heterocycles. The van der Waals surface area contributed by atoms with E-state index in [0.717, 1.165) is 61.5 Å². The second-order valence-corrected chi connectivity index (χ2v) is 15.4. The highest BCUT2D eigenvalue weighted by molar-refractivity contribution is 7.86. The molecule has 7 nitrogen and oxygen atoms in total. The molecule has 0 N–H and O–H groups in total. The smallest absolute Gasteiger partial charge is 0.218 e. The maximum Gasteiger partial charge on any atom is 0.218 e. The monoisotopic (exact) mass is 616 g/mol. The first-order chi connectivity index (χ1) is 22.4. The first-order valence-corrected chi connectivity index (χ1v) is 17.1. The molecule has 5 aromatic carbocycles. The fourth-order valence-corrected chi connectivity index (χ4v) is 9.85. The molecule has 0 spiro atoms. The number of nitrogens with zero attached hydrogens (tertiary/aromatic N) is 6. The zero-order valence-corrected chi connectivity index (χ0v) is 26.5. The van der Waals surface area contributed by atoms with Crippen molar-refractivity contribution in [3.63, 3.8) is 0 Å². The summed E-state index contributed by atoms with van der Waals surface area (Å²) in [5, 5.41) is 21.4. The van der Waals surface area contributed by atoms with Gasteiger partial charge in [-0.25, -0.2) is 0 Å². The number of rotatable bonds is 2. The van der Waals surface area contributed by atoms with Crippen molar-refractivity contribution in [1.82, 2.24) is 20.4 Å². The standard InChI is InChI=1S/C38H29N6OP/c1-38(2,3)24-22-31-35-32(23-24)44(26-16-8-5-9-17-26)34-28-19-11-13-21-30(28)40-42-37(34)46(35,45)36-33(43(31)25-14-6-4-7-15-25)27-18-10-12-20-29(27)39-41-36/h4-23H,1-3H3. The van der Waals surface area contributed by atoms with E-state index in [9.17, 15) is 0 Å². The zero-order chi connectivity index (χ0) is 31.2. The molecule has 46 heavy (non-hydrogen) atoms. The number of hydrogen-bond donors (Lipinski definition) is 0. The van der Waals surface area contributed by atoms with Gasteiger partial charge in [0.25, 0.3) is 0 Å². The van der Waals surface area contributed by atoms with E-state index in [4.69, 9.17) is 10.2 Å². The Bertz CT molecular complexity index is 2250. The van der Waals surface area contributed by atoms with Crippen molar-refractivity contribution >= 4 is 79.2 Å². The van der Waals surface area contributed by atoms with Gasteiger partial charge in [-0.3, -0.25) is 0 Å². The second kappa shape index (κ2) is 9.56. The number of fused-ring (bicyclic) bond motifs is 8. The molecule has 0 aliphatic carbocycles. The van der Waals surface area contributed by atoms with Gasteiger partial charge in [0.05, 0.1) is 39.1 Å². The lowest BCUT2D eigenvalue weighted by atomic mass is 9.86. The minimum atomic E-state index is -3.74. The highest BCUT2D eigenvalue weighted by Crippen LogP contribution is 2.62. The summed E-state index contributed by atoms with van der Waals surface area (Å²) in [5.74, 6) is 0. The van der Waals surface area contributed by atoms with Crippen LogP contribution in [0.1, 0.15) is 26.3 Å². The number of para-hydroxylation sites is 2. The van der Waals surface area contributed by atoms with E-state index in [1.165, 1.54) is 0 Å². The summed E-state index contributed by atoms with van der Waals surface area (Å²) < 4.78 is 16.5. The van der Waals surface area contributed by atoms with Crippen LogP contribution in [-0.4, -0.2) is 20.4 Å². The Hall–Kier alpha value is -5.39. The molecule has 0 fully saturated rings. The van der Waals surface area contributed by atoms with Gasteiger partial charge in [-0.2, -0.15) is 0 Å². The van der Waals surface area contributed by atoms with Gasteiger partial charge in [0, 0.05) is 22.1 Å². The van der Waals surface area contributed by atoms with E-state index in [0.29, 0.717) is 16.2 Å². The fourth-order valence-electron chi connectivity index (χ4n) is 6.87. The third-order valence-electron chi connectivity index (χ3n) is 9.05. The van der Waals surface area contributed by atoms with Crippen LogP contribution in [-0.2, 0) is 9.98 Å². The minimum Gasteiger partial charge on any atom is -0.307 e. The van der Waals surface area contributed by atoms with Gasteiger partial charge < -0.3 is 14.4 Å². The van der Waals surface area contributed by atoms with Crippen LogP contribution in [0, 0.1) is 0 Å². The largest absolute Gasteiger partial charge is 0.307 e. The van der Waals surface area contributed by atoms with E-state index in [1.807, 2.05) is 84.9 Å². The van der Waals surface area contributed by atoms with Crippen LogP contribution >= 0.6 is 7.14 Å². The maximum atomic E-state index is 16.5. The number of aromatic nitrogens is 4. The molecule has 9 rings (SSSR count). The van der Waals surface area contributed by atoms with Gasteiger partial charge in [0.15, 0.2) is 10.9 Å². The van der Waals surface area contributed by atoms with Crippen LogP contribution in [0.3, 0.4) is 0 Å². The predicted octanol–water partition coefficient (Wildman–Crippen LogP) is 8.08. The lowest BCUT2D eigenvalue weighted by Crippen LogP contribution is -2.45. The summed E-state index contributed by atoms with van der Waals surface area (Å²) in [4.78, 5) is 4.44. The van der Waals surface area contributed by atoms with Gasteiger partial charge in [-0.15, -0.1) is 20.4 Å². The Labute approximate surface area is 266 Å². The molecule has 2 aromatic heterocycles. The zero-order valence-electron chi connectivity index (χ0n) is 25.6. The van der Waals surface area contributed by atoms with Crippen LogP contribution in [0.25, 0.3) is 21.8 Å². The maximum absolute atomic E-state index is 16.5. The summed E-state index contributed by atoms with van der Waals surface area (Å²) in [6.07, 6.45) is 0. The van der Waals surface area contributed by atoms with Crippen LogP contribution in [0.15, 0.2) is 121 Å². The van der Waals surface area contributed by atoms with Crippen LogP contribution in [0.2, 0.25) is 0 Å². The molecule has 0 unspecified atom stereocenters. The summed E-state index contributed by atoms with van der Waals surface area (Å²) in [7, 11) is -3.74. The molecule has 0 amide bonds. The summed E-state index contributed by atoms with van der Waals surface area (Å²) in [6, 6.07) is 40.8. The van der Waals surface area contributed by atoms with Gasteiger partial charge >= 0.3 is 0 Å². The Morgan fingerprint density at radius 2 is 0.957 bits per heavy atom. The second-order valence-electron chi connectivity index (χ2n) is 12.8. The van der Waals surface area contributed by atoms with E-state index < -0.39 is 7.14 Å². The van der Waals surface area contributed by atoms with Gasteiger partial charge in [-0.05, 0) is 59.5 Å². The van der Waals surface area contributed by atoms with Crippen molar-refractivity contribution in [1.29, 1.82) is 0 Å². The van der Waals surface area contributed by atoms with Crippen LogP contribution in [0.5, 0.6) is 0 Å². The van der Waals surface area contributed by atoms with Crippen molar-refractivity contribution in [2.24, 2.45) is 0 Å². The van der Waals surface area contributed by atoms with Crippen molar-refractivity contribution in [2.45, 2.75) is 26.2 Å². The molecule has 0 saturated carbocycles. The average molecular weight is 617 g/mol. The third-order valence-corrected chi connectivity index (χ3v) is 11.9. The van der Waals surface area contributed by atoms with Gasteiger partial charge in [-0.1, -0.05) is 93.6 Å². The number of benzene rings is 5. The molecule has 7 aromatic rings. The van der Waals surface area contributed by atoms with E-state index >= 15 is 4.57 Å². The SMILES string of the molecule is CC(C)(C)c1cc2c3c(c1)N(c1ccccc1)c1c(nnc4ccccc14)P3(=O)c1nnc3ccccc3c1N2c1ccccc1. The topological polar surface area (TPSA) is 75.1 Å². The first-order valence-electron chi connectivity index (χ1n) is 15.4. The molecule has 8 heteroatoms. The molecule has 0 bridgehead atoms. The predicted molar refractivity (Wildman–Crippen MR) is 187 cm³/mol. The molecule has 2 aliphatic rings. The van der Waals surface area contributed by atoms with Crippen molar-refractivity contribution in [3.05, 3.63) is 127 Å². The fraction of sp³-hybridized carbons (Fsp3) is 0.105. The molecule has 4 heterocycles. The highest BCUT2D eigenvalue weighted by atomic mass is 31.2. The molecule has 222 valence electrons. The summed E-state index contributed by atoms with van der Waals surface area (Å²) >= 11 is 0. The lowest BCUT2D eigenvalue weighted by molar-refractivity contribution is 0.587. The minimum absolute atomic E-state index is 0.210. The molecule has 0 radical (unpaired) electrons. The molecule has 0 atom stereocenters. The Balaban J connectivity index is 1.53. The Morgan fingerprint density at radius 3 is 1.39 bits per heavy atom. The van der Waals surface area contributed by atoms with Crippen molar-refractivity contribution in [2.75, 3.05) is 9.80 Å². The highest BCUT2D eigenvalue weighted by Gasteiger charge is 2.53. The van der Waals surface area contributed by atoms with E-state index in [-0.39, 0.29) is 5.41 Å². The van der Waals surface area contributed by atoms with E-state index in [2.05, 4.69) is 77.2 Å². The Morgan fingerprint density at radius 1 is 0.543 bits per heavy atom. The number of anilines is 6. The average Bonchev–Trinajstić information content (AvgIpc) is 3.08.